The van der Waals surface area contributed by atoms with E-state index in [1.54, 1.807) is 0 Å². The second-order valence-corrected chi connectivity index (χ2v) is 18.4. The van der Waals surface area contributed by atoms with Gasteiger partial charge < -0.3 is 14.0 Å². The molecule has 10 saturated carbocycles. The Labute approximate surface area is 266 Å². The predicted molar refractivity (Wildman–Crippen MR) is 150 cm³/mol. The van der Waals surface area contributed by atoms with Gasteiger partial charge in [-0.25, -0.2) is 17.2 Å². The minimum absolute atomic E-state index is 0. The van der Waals surface area contributed by atoms with E-state index >= 15 is 0 Å². The molecule has 0 N–H and O–H groups in total. The molecule has 11 fully saturated rings. The molecule has 6 unspecified atom stereocenters. The first kappa shape index (κ1) is 31.1. The number of amides is 2. The Hall–Kier alpha value is -3.15. The van der Waals surface area contributed by atoms with Crippen LogP contribution in [-0.2, 0) is 38.8 Å². The van der Waals surface area contributed by atoms with Gasteiger partial charge in [0.1, 0.15) is 16.2 Å². The van der Waals surface area contributed by atoms with Gasteiger partial charge in [-0.3, -0.25) is 24.1 Å². The summed E-state index contributed by atoms with van der Waals surface area (Å²) in [5, 5.41) is -4.96. The van der Waals surface area contributed by atoms with Crippen molar-refractivity contribution in [2.24, 2.45) is 70.0 Å². The molecule has 0 aromatic heterocycles. The molecule has 254 valence electrons. The molecule has 0 aromatic rings. The summed E-state index contributed by atoms with van der Waals surface area (Å²) < 4.78 is 72.0. The number of likely N-dealkylation sites (tertiary alicyclic amines) is 1. The fourth-order valence-corrected chi connectivity index (χ4v) is 13.7. The number of alkyl halides is 2. The van der Waals surface area contributed by atoms with Gasteiger partial charge in [0.15, 0.2) is 0 Å². The zero-order chi connectivity index (χ0) is 32.1. The van der Waals surface area contributed by atoms with E-state index in [0.717, 1.165) is 57.8 Å². The first-order valence-corrected chi connectivity index (χ1v) is 18.5. The third-order valence-corrected chi connectivity index (χ3v) is 15.0. The number of nitrogens with zero attached hydrogens (tertiary/aromatic N) is 1. The number of halogens is 2. The van der Waals surface area contributed by atoms with E-state index in [1.165, 1.54) is 4.90 Å². The van der Waals surface area contributed by atoms with Crippen molar-refractivity contribution in [1.82, 2.24) is 4.90 Å². The molecule has 10 bridgehead atoms. The fraction of sp³-hybridized carbons (Fsp3) is 0.848. The topological polar surface area (TPSA) is 147 Å². The maximum atomic E-state index is 14.7. The van der Waals surface area contributed by atoms with Crippen LogP contribution in [0, 0.1) is 76.6 Å². The average molecular weight is 931 g/mol. The summed E-state index contributed by atoms with van der Waals surface area (Å²) in [6.07, 6.45) is 10.2. The molecule has 47 heavy (non-hydrogen) atoms. The van der Waals surface area contributed by atoms with Gasteiger partial charge in [0.2, 0.25) is 11.8 Å². The molecular formula is C33H39F2NO9RfS-2. The third-order valence-electron chi connectivity index (χ3n) is 14.2. The zero-order valence-electron chi connectivity index (χ0n) is 26.2. The number of esters is 2. The minimum atomic E-state index is -6.15. The van der Waals surface area contributed by atoms with Crippen molar-refractivity contribution in [2.45, 2.75) is 101 Å². The summed E-state index contributed by atoms with van der Waals surface area (Å²) in [4.78, 5) is 57.8. The number of hydrogen-bond acceptors (Lipinski definition) is 9. The van der Waals surface area contributed by atoms with Gasteiger partial charge in [0.25, 0.3) is 11.2 Å². The number of carbonyl (C=O) groups excluding carboxylic acids is 4. The maximum Gasteiger partial charge on any atom is 0.312 e. The van der Waals surface area contributed by atoms with Gasteiger partial charge in [-0.05, 0) is 125 Å². The average Bonchev–Trinajstić information content (AvgIpc) is 3.57. The molecule has 1 heterocycles. The zero-order valence-corrected chi connectivity index (χ0v) is 33.4. The molecule has 6 atom stereocenters. The van der Waals surface area contributed by atoms with Gasteiger partial charge in [0.05, 0.1) is 28.7 Å². The van der Waals surface area contributed by atoms with Crippen LogP contribution in [0.5, 0.6) is 0 Å². The molecule has 14 heteroatoms. The summed E-state index contributed by atoms with van der Waals surface area (Å²) in [5.41, 5.74) is -1.31. The Kier molecular flexibility index (Phi) is 6.44. The number of imide groups is 1. The predicted octanol–water partition coefficient (Wildman–Crippen LogP) is 3.79. The quantitative estimate of drug-likeness (QED) is 0.161. The molecule has 0 aromatic carbocycles. The fourth-order valence-electron chi connectivity index (χ4n) is 13.5. The molecule has 0 radical (unpaired) electrons. The molecule has 1 saturated heterocycles. The first-order chi connectivity index (χ1) is 21.7. The van der Waals surface area contributed by atoms with E-state index < -0.39 is 80.5 Å². The van der Waals surface area contributed by atoms with Crippen LogP contribution in [0.4, 0.5) is 8.78 Å². The van der Waals surface area contributed by atoms with Crippen molar-refractivity contribution in [3.63, 3.8) is 0 Å². The molecule has 10 aliphatic carbocycles. The van der Waals surface area contributed by atoms with E-state index in [4.69, 9.17) is 4.74 Å². The number of ether oxygens (including phenoxy) is 2. The number of fused-ring (bicyclic) bond motifs is 1. The number of carbonyl (C=O) groups is 4. The molecule has 11 aliphatic rings. The Morgan fingerprint density at radius 3 is 1.74 bits per heavy atom. The van der Waals surface area contributed by atoms with Crippen LogP contribution in [0.3, 0.4) is 0 Å². The molecule has 1 aliphatic heterocycles. The van der Waals surface area contributed by atoms with Crippen LogP contribution in [-0.4, -0.2) is 59.0 Å². The molecule has 2 amide bonds. The molecule has 0 spiro atoms. The Morgan fingerprint density at radius 2 is 1.28 bits per heavy atom. The van der Waals surface area contributed by atoms with Gasteiger partial charge in [-0.2, -0.15) is 0 Å². The van der Waals surface area contributed by atoms with Crippen molar-refractivity contribution in [3.05, 3.63) is 6.61 Å². The summed E-state index contributed by atoms with van der Waals surface area (Å²) in [6, 6.07) is -0.739. The minimum Gasteiger partial charge on any atom is -0.746 e. The molecule has 11 rings (SSSR count). The summed E-state index contributed by atoms with van der Waals surface area (Å²) >= 11 is 0. The van der Waals surface area contributed by atoms with E-state index in [-0.39, 0.29) is 18.3 Å². The standard InChI is InChI=1S/C33H40F2NO9S.Rf/c34-33(35,46(41,42)43)14-44-28(38)24-22-7-21-23(24)27(37)36(29(39)31-8-15-1-16(9-31)3-17(2-15)10-31)25(21)26(22)45-30(40)32-11-18-4-19(12-32)6-20(5-18)13-32;/h14-26H,1-13H2,(H,41,42,43);/q-1;/p-1. The van der Waals surface area contributed by atoms with Crippen LogP contribution in [0.2, 0.25) is 0 Å². The van der Waals surface area contributed by atoms with Crippen LogP contribution in [0.15, 0.2) is 0 Å². The molecule has 10 nitrogen and oxygen atoms in total. The van der Waals surface area contributed by atoms with Gasteiger partial charge in [-0.15, -0.1) is 0 Å². The van der Waals surface area contributed by atoms with Crippen molar-refractivity contribution in [2.75, 3.05) is 0 Å². The number of rotatable bonds is 7. The SMILES string of the molecule is O=C(O[CH-]C(F)(F)S(=O)(=O)[O-])C1C2CC3C1C(=O)N(C(=O)C14CC5CC(CC(C5)C1)C4)C3C2OC(=O)C12CC3CC(CC(C3)C1)C2.[Rf]. The largest absolute Gasteiger partial charge is 0.746 e. The van der Waals surface area contributed by atoms with E-state index in [0.29, 0.717) is 54.8 Å². The second-order valence-electron chi connectivity index (χ2n) is 17.0. The van der Waals surface area contributed by atoms with Crippen molar-refractivity contribution in [1.29, 1.82) is 0 Å². The Morgan fingerprint density at radius 1 is 0.809 bits per heavy atom. The Bertz CT molecular complexity index is 1460. The van der Waals surface area contributed by atoms with Gasteiger partial charge in [0, 0.05) is 5.92 Å². The Balaban J connectivity index is 0.00000324. The van der Waals surface area contributed by atoms with Crippen molar-refractivity contribution >= 4 is 33.9 Å². The first-order valence-electron chi connectivity index (χ1n) is 17.1. The van der Waals surface area contributed by atoms with Crippen LogP contribution >= 0.6 is 0 Å². The molecular weight excluding hydrogens is 891 g/mol. The van der Waals surface area contributed by atoms with Crippen molar-refractivity contribution in [3.8, 4) is 0 Å². The van der Waals surface area contributed by atoms with Crippen molar-refractivity contribution < 1.29 is 50.4 Å². The van der Waals surface area contributed by atoms with E-state index in [1.807, 2.05) is 0 Å². The smallest absolute Gasteiger partial charge is 0.312 e. The van der Waals surface area contributed by atoms with Crippen LogP contribution in [0.25, 0.3) is 0 Å². The summed E-state index contributed by atoms with van der Waals surface area (Å²) in [5.74, 6) is -3.44. The van der Waals surface area contributed by atoms with Gasteiger partial charge in [-0.1, -0.05) is 6.61 Å². The number of hydrogen-bond donors (Lipinski definition) is 0. The third kappa shape index (κ3) is 4.24. The van der Waals surface area contributed by atoms with E-state index in [2.05, 4.69) is 4.74 Å². The summed E-state index contributed by atoms with van der Waals surface area (Å²) in [7, 11) is -6.15. The monoisotopic (exact) mass is 930 g/mol. The second kappa shape index (κ2) is 9.72. The van der Waals surface area contributed by atoms with Gasteiger partial charge >= 0.3 is 5.97 Å². The van der Waals surface area contributed by atoms with E-state index in [9.17, 15) is 40.9 Å². The maximum absolute atomic E-state index is 14.7. The van der Waals surface area contributed by atoms with Crippen LogP contribution < -0.4 is 0 Å². The normalized spacial score (nSPS) is 48.1. The summed E-state index contributed by atoms with van der Waals surface area (Å²) in [6.45, 7) is -0.588. The van der Waals surface area contributed by atoms with Crippen LogP contribution in [0.1, 0.15) is 83.5 Å².